The zero-order valence-electron chi connectivity index (χ0n) is 20.3. The molecular weight excluding hydrogens is 502 g/mol. The van der Waals surface area contributed by atoms with Gasteiger partial charge >= 0.3 is 5.97 Å². The number of methoxy groups -OCH3 is 1. The van der Waals surface area contributed by atoms with Crippen molar-refractivity contribution in [3.63, 3.8) is 0 Å². The third-order valence-electron chi connectivity index (χ3n) is 5.69. The van der Waals surface area contributed by atoms with Gasteiger partial charge in [-0.2, -0.15) is 5.26 Å². The molecule has 2 amide bonds. The average molecular weight is 528 g/mol. The number of halogens is 1. The van der Waals surface area contributed by atoms with Gasteiger partial charge < -0.3 is 20.1 Å². The number of rotatable bonds is 8. The number of thioether (sulfide) groups is 1. The highest BCUT2D eigenvalue weighted by Gasteiger charge is 2.44. The molecule has 0 fully saturated rings. The summed E-state index contributed by atoms with van der Waals surface area (Å²) in [6, 6.07) is 12.7. The number of carbonyl (C=O) groups is 3. The smallest absolute Gasteiger partial charge is 0.319 e. The lowest BCUT2D eigenvalue weighted by molar-refractivity contribution is -0.150. The number of amides is 2. The molecule has 36 heavy (non-hydrogen) atoms. The van der Waals surface area contributed by atoms with Crippen LogP contribution in [0.5, 0.6) is 5.75 Å². The standard InChI is InChI=1S/C26H26ClN3O5S/c1-5-35-19-10-9-16(11-18(19)27)21-17(12-28)25(30-24(32)22(21)26(33)34-4)36-13-20(31)29-23-14(2)7-6-8-15(23)3/h6-11,21-22H,5,13H2,1-4H3,(H,29,31)(H,30,32)/t21-,22+/m0/s1. The number of para-hydroxylation sites is 1. The van der Waals surface area contributed by atoms with Gasteiger partial charge in [0.2, 0.25) is 11.8 Å². The van der Waals surface area contributed by atoms with E-state index in [9.17, 15) is 19.6 Å². The first kappa shape index (κ1) is 27.1. The number of ether oxygens (including phenoxy) is 2. The first-order valence-corrected chi connectivity index (χ1v) is 12.5. The van der Waals surface area contributed by atoms with Crippen LogP contribution in [0, 0.1) is 31.1 Å². The van der Waals surface area contributed by atoms with Gasteiger partial charge in [-0.25, -0.2) is 0 Å². The summed E-state index contributed by atoms with van der Waals surface area (Å²) in [5.74, 6) is -3.58. The Morgan fingerprint density at radius 3 is 2.50 bits per heavy atom. The number of nitrogens with zero attached hydrogens (tertiary/aromatic N) is 1. The largest absolute Gasteiger partial charge is 0.492 e. The molecule has 1 heterocycles. The van der Waals surface area contributed by atoms with Crippen molar-refractivity contribution in [3.05, 3.63) is 68.7 Å². The number of hydrogen-bond donors (Lipinski definition) is 2. The molecule has 10 heteroatoms. The molecule has 188 valence electrons. The molecule has 0 saturated heterocycles. The maximum Gasteiger partial charge on any atom is 0.319 e. The highest BCUT2D eigenvalue weighted by atomic mass is 35.5. The van der Waals surface area contributed by atoms with Crippen LogP contribution >= 0.6 is 23.4 Å². The van der Waals surface area contributed by atoms with E-state index in [4.69, 9.17) is 21.1 Å². The van der Waals surface area contributed by atoms with Crippen LogP contribution in [0.1, 0.15) is 29.5 Å². The SMILES string of the molecule is CCOc1ccc([C@H]2C(C#N)=C(SCC(=O)Nc3c(C)cccc3C)NC(=O)[C@@H]2C(=O)OC)cc1Cl. The molecule has 0 saturated carbocycles. The summed E-state index contributed by atoms with van der Waals surface area (Å²) >= 11 is 7.37. The predicted molar refractivity (Wildman–Crippen MR) is 139 cm³/mol. The van der Waals surface area contributed by atoms with Gasteiger partial charge in [-0.15, -0.1) is 0 Å². The molecule has 0 radical (unpaired) electrons. The fraction of sp³-hybridized carbons (Fsp3) is 0.308. The Bertz CT molecular complexity index is 1250. The van der Waals surface area contributed by atoms with Crippen LogP contribution in [0.4, 0.5) is 5.69 Å². The third-order valence-corrected chi connectivity index (χ3v) is 7.00. The van der Waals surface area contributed by atoms with Crippen LogP contribution in [0.25, 0.3) is 0 Å². The molecule has 8 nitrogen and oxygen atoms in total. The molecule has 2 N–H and O–H groups in total. The lowest BCUT2D eigenvalue weighted by atomic mass is 9.78. The monoisotopic (exact) mass is 527 g/mol. The van der Waals surface area contributed by atoms with Crippen LogP contribution in [-0.4, -0.2) is 37.3 Å². The Morgan fingerprint density at radius 2 is 1.92 bits per heavy atom. The molecule has 2 aromatic rings. The zero-order chi connectivity index (χ0) is 26.4. The summed E-state index contributed by atoms with van der Waals surface area (Å²) in [4.78, 5) is 38.3. The van der Waals surface area contributed by atoms with Crippen LogP contribution < -0.4 is 15.4 Å². The quantitative estimate of drug-likeness (QED) is 0.384. The number of allylic oxidation sites excluding steroid dienone is 1. The van der Waals surface area contributed by atoms with Gasteiger partial charge in [0.25, 0.3) is 0 Å². The zero-order valence-corrected chi connectivity index (χ0v) is 21.9. The minimum absolute atomic E-state index is 0.0613. The summed E-state index contributed by atoms with van der Waals surface area (Å²) in [5, 5.41) is 16.0. The number of carbonyl (C=O) groups excluding carboxylic acids is 3. The van der Waals surface area contributed by atoms with Gasteiger partial charge in [-0.3, -0.25) is 14.4 Å². The van der Waals surface area contributed by atoms with Crippen molar-refractivity contribution >= 4 is 46.8 Å². The Kier molecular flexibility index (Phi) is 9.02. The summed E-state index contributed by atoms with van der Waals surface area (Å²) in [7, 11) is 1.18. The lowest BCUT2D eigenvalue weighted by Gasteiger charge is -2.31. The normalized spacial score (nSPS) is 17.2. The molecule has 0 aromatic heterocycles. The van der Waals surface area contributed by atoms with Crippen molar-refractivity contribution in [1.82, 2.24) is 5.32 Å². The Balaban J connectivity index is 1.94. The molecule has 0 bridgehead atoms. The third kappa shape index (κ3) is 5.83. The van der Waals surface area contributed by atoms with Crippen LogP contribution in [0.2, 0.25) is 5.02 Å². The van der Waals surface area contributed by atoms with Crippen molar-refractivity contribution < 1.29 is 23.9 Å². The Labute approximate surface area is 219 Å². The molecular formula is C26H26ClN3O5S. The number of nitriles is 1. The van der Waals surface area contributed by atoms with Crippen LogP contribution in [0.3, 0.4) is 0 Å². The van der Waals surface area contributed by atoms with Crippen molar-refractivity contribution in [2.75, 3.05) is 24.8 Å². The second-order valence-electron chi connectivity index (χ2n) is 8.05. The van der Waals surface area contributed by atoms with E-state index in [2.05, 4.69) is 16.7 Å². The van der Waals surface area contributed by atoms with E-state index in [-0.39, 0.29) is 27.3 Å². The highest BCUT2D eigenvalue weighted by Crippen LogP contribution is 2.42. The molecule has 1 aliphatic heterocycles. The van der Waals surface area contributed by atoms with Gasteiger partial charge in [-0.05, 0) is 49.6 Å². The number of aryl methyl sites for hydroxylation is 2. The van der Waals surface area contributed by atoms with Crippen molar-refractivity contribution in [2.45, 2.75) is 26.7 Å². The molecule has 0 spiro atoms. The van der Waals surface area contributed by atoms with Gasteiger partial charge in [0.05, 0.1) is 41.2 Å². The first-order chi connectivity index (χ1) is 17.2. The number of esters is 1. The lowest BCUT2D eigenvalue weighted by Crippen LogP contribution is -2.44. The fourth-order valence-corrected chi connectivity index (χ4v) is 5.08. The maximum atomic E-state index is 13.0. The Hall–Kier alpha value is -3.48. The predicted octanol–water partition coefficient (Wildman–Crippen LogP) is 4.47. The number of anilines is 1. The average Bonchev–Trinajstić information content (AvgIpc) is 2.85. The number of nitrogens with one attached hydrogen (secondary N) is 2. The summed E-state index contributed by atoms with van der Waals surface area (Å²) in [5.41, 5.74) is 3.17. The van der Waals surface area contributed by atoms with E-state index in [1.165, 1.54) is 7.11 Å². The van der Waals surface area contributed by atoms with E-state index in [0.717, 1.165) is 28.6 Å². The van der Waals surface area contributed by atoms with Crippen molar-refractivity contribution in [2.24, 2.45) is 5.92 Å². The number of benzene rings is 2. The highest BCUT2D eigenvalue weighted by molar-refractivity contribution is 8.03. The minimum atomic E-state index is -1.30. The second kappa shape index (κ2) is 12.0. The fourth-order valence-electron chi connectivity index (χ4n) is 3.99. The van der Waals surface area contributed by atoms with Crippen LogP contribution in [0.15, 0.2) is 47.0 Å². The topological polar surface area (TPSA) is 118 Å². The second-order valence-corrected chi connectivity index (χ2v) is 9.44. The van der Waals surface area contributed by atoms with E-state index in [0.29, 0.717) is 17.9 Å². The summed E-state index contributed by atoms with van der Waals surface area (Å²) < 4.78 is 10.3. The molecule has 2 aromatic carbocycles. The first-order valence-electron chi connectivity index (χ1n) is 11.2. The summed E-state index contributed by atoms with van der Waals surface area (Å²) in [6.07, 6.45) is 0. The molecule has 1 aliphatic rings. The minimum Gasteiger partial charge on any atom is -0.492 e. The van der Waals surface area contributed by atoms with Gasteiger partial charge in [0.15, 0.2) is 0 Å². The van der Waals surface area contributed by atoms with E-state index in [1.54, 1.807) is 18.2 Å². The van der Waals surface area contributed by atoms with Crippen LogP contribution in [-0.2, 0) is 19.1 Å². The molecule has 0 aliphatic carbocycles. The Morgan fingerprint density at radius 1 is 1.22 bits per heavy atom. The van der Waals surface area contributed by atoms with Crippen molar-refractivity contribution in [1.29, 1.82) is 5.26 Å². The number of hydrogen-bond acceptors (Lipinski definition) is 7. The van der Waals surface area contributed by atoms with E-state index < -0.39 is 23.7 Å². The van der Waals surface area contributed by atoms with Crippen molar-refractivity contribution in [3.8, 4) is 11.8 Å². The maximum absolute atomic E-state index is 13.0. The van der Waals surface area contributed by atoms with Gasteiger partial charge in [0, 0.05) is 11.6 Å². The molecule has 2 atom stereocenters. The van der Waals surface area contributed by atoms with E-state index in [1.807, 2.05) is 39.0 Å². The molecule has 0 unspecified atom stereocenters. The van der Waals surface area contributed by atoms with Gasteiger partial charge in [-0.1, -0.05) is 47.6 Å². The summed E-state index contributed by atoms with van der Waals surface area (Å²) in [6.45, 7) is 6.02. The van der Waals surface area contributed by atoms with E-state index >= 15 is 0 Å². The molecule has 3 rings (SSSR count). The van der Waals surface area contributed by atoms with Gasteiger partial charge in [0.1, 0.15) is 11.7 Å².